The number of hydrogen-bond donors (Lipinski definition) is 0. The van der Waals surface area contributed by atoms with Crippen LogP contribution in [0.5, 0.6) is 5.75 Å². The van der Waals surface area contributed by atoms with E-state index in [0.29, 0.717) is 19.9 Å². The lowest BCUT2D eigenvalue weighted by atomic mass is 10.2. The minimum absolute atomic E-state index is 0.149. The Bertz CT molecular complexity index is 680. The first-order chi connectivity index (χ1) is 10.9. The predicted octanol–water partition coefficient (Wildman–Crippen LogP) is 3.89. The van der Waals surface area contributed by atoms with Crippen LogP contribution in [-0.4, -0.2) is 43.5 Å². The molecule has 126 valence electrons. The molecular formula is C16H23BrN2O3Si. The molecule has 2 heterocycles. The van der Waals surface area contributed by atoms with Gasteiger partial charge in [0.1, 0.15) is 18.6 Å². The van der Waals surface area contributed by atoms with E-state index in [1.165, 1.54) is 6.04 Å². The summed E-state index contributed by atoms with van der Waals surface area (Å²) < 4.78 is 19.8. The third kappa shape index (κ3) is 4.35. The quantitative estimate of drug-likeness (QED) is 0.524. The van der Waals surface area contributed by atoms with Crippen LogP contribution in [0.2, 0.25) is 25.7 Å². The van der Waals surface area contributed by atoms with Crippen LogP contribution in [0.3, 0.4) is 0 Å². The number of hydrogen-bond acceptors (Lipinski definition) is 4. The third-order valence-electron chi connectivity index (χ3n) is 3.80. The van der Waals surface area contributed by atoms with E-state index >= 15 is 0 Å². The Morgan fingerprint density at radius 3 is 2.78 bits per heavy atom. The number of ether oxygens (including phenoxy) is 3. The normalized spacial score (nSPS) is 15.8. The van der Waals surface area contributed by atoms with Crippen LogP contribution in [0.4, 0.5) is 0 Å². The summed E-state index contributed by atoms with van der Waals surface area (Å²) in [6, 6.07) is 5.18. The average Bonchev–Trinajstić information content (AvgIpc) is 2.80. The molecule has 0 radical (unpaired) electrons. The number of benzene rings is 1. The summed E-state index contributed by atoms with van der Waals surface area (Å²) in [6.45, 7) is 9.72. The van der Waals surface area contributed by atoms with Crippen LogP contribution in [0.1, 0.15) is 0 Å². The predicted molar refractivity (Wildman–Crippen MR) is 96.8 cm³/mol. The van der Waals surface area contributed by atoms with Crippen LogP contribution < -0.4 is 4.74 Å². The molecule has 2 aromatic rings. The van der Waals surface area contributed by atoms with Crippen molar-refractivity contribution in [2.45, 2.75) is 38.5 Å². The summed E-state index contributed by atoms with van der Waals surface area (Å²) in [5.41, 5.74) is 1.96. The van der Waals surface area contributed by atoms with Crippen molar-refractivity contribution in [1.82, 2.24) is 9.55 Å². The van der Waals surface area contributed by atoms with E-state index in [2.05, 4.69) is 40.6 Å². The van der Waals surface area contributed by atoms with Gasteiger partial charge in [-0.05, 0) is 28.0 Å². The second kappa shape index (κ2) is 6.92. The van der Waals surface area contributed by atoms with Gasteiger partial charge in [0.05, 0.1) is 35.0 Å². The van der Waals surface area contributed by atoms with Crippen LogP contribution in [-0.2, 0) is 16.2 Å². The number of halogens is 1. The molecule has 0 saturated carbocycles. The van der Waals surface area contributed by atoms with Gasteiger partial charge in [0.15, 0.2) is 0 Å². The first kappa shape index (κ1) is 16.9. The Balaban J connectivity index is 1.66. The molecular weight excluding hydrogens is 376 g/mol. The van der Waals surface area contributed by atoms with Crippen molar-refractivity contribution in [2.24, 2.45) is 0 Å². The van der Waals surface area contributed by atoms with Crippen molar-refractivity contribution >= 4 is 35.0 Å². The van der Waals surface area contributed by atoms with Gasteiger partial charge in [-0.25, -0.2) is 4.98 Å². The van der Waals surface area contributed by atoms with Crippen molar-refractivity contribution in [3.8, 4) is 5.75 Å². The van der Waals surface area contributed by atoms with Crippen molar-refractivity contribution < 1.29 is 14.2 Å². The first-order valence-corrected chi connectivity index (χ1v) is 12.4. The van der Waals surface area contributed by atoms with Crippen LogP contribution in [0, 0.1) is 0 Å². The SMILES string of the molecule is C[Si](C)(C)CCOCn1cnc2cc(OC3COC3)c(Br)cc21. The highest BCUT2D eigenvalue weighted by atomic mass is 79.9. The van der Waals surface area contributed by atoms with E-state index in [4.69, 9.17) is 14.2 Å². The number of imidazole rings is 1. The van der Waals surface area contributed by atoms with Gasteiger partial charge in [-0.1, -0.05) is 19.6 Å². The highest BCUT2D eigenvalue weighted by Gasteiger charge is 2.21. The summed E-state index contributed by atoms with van der Waals surface area (Å²) in [5.74, 6) is 0.815. The average molecular weight is 399 g/mol. The highest BCUT2D eigenvalue weighted by Crippen LogP contribution is 2.31. The van der Waals surface area contributed by atoms with Gasteiger partial charge in [-0.2, -0.15) is 0 Å². The summed E-state index contributed by atoms with van der Waals surface area (Å²) in [6.07, 6.45) is 1.97. The van der Waals surface area contributed by atoms with Crippen molar-refractivity contribution in [3.63, 3.8) is 0 Å². The molecule has 0 N–H and O–H groups in total. The molecule has 1 aromatic carbocycles. The number of nitrogens with zero attached hydrogens (tertiary/aromatic N) is 2. The van der Waals surface area contributed by atoms with Gasteiger partial charge in [-0.15, -0.1) is 0 Å². The molecule has 0 atom stereocenters. The molecule has 1 aliphatic heterocycles. The van der Waals surface area contributed by atoms with E-state index in [-0.39, 0.29) is 6.10 Å². The van der Waals surface area contributed by atoms with E-state index in [0.717, 1.165) is 27.9 Å². The molecule has 1 aliphatic rings. The minimum atomic E-state index is -1.05. The summed E-state index contributed by atoms with van der Waals surface area (Å²) >= 11 is 3.58. The fourth-order valence-electron chi connectivity index (χ4n) is 2.26. The molecule has 3 rings (SSSR count). The summed E-state index contributed by atoms with van der Waals surface area (Å²) in [5, 5.41) is 0. The summed E-state index contributed by atoms with van der Waals surface area (Å²) in [4.78, 5) is 4.46. The van der Waals surface area contributed by atoms with Crippen molar-refractivity contribution in [1.29, 1.82) is 0 Å². The monoisotopic (exact) mass is 398 g/mol. The van der Waals surface area contributed by atoms with Crippen molar-refractivity contribution in [2.75, 3.05) is 19.8 Å². The zero-order valence-corrected chi connectivity index (χ0v) is 16.4. The highest BCUT2D eigenvalue weighted by molar-refractivity contribution is 9.10. The Kier molecular flexibility index (Phi) is 5.10. The smallest absolute Gasteiger partial charge is 0.145 e. The topological polar surface area (TPSA) is 45.5 Å². The van der Waals surface area contributed by atoms with Gasteiger partial charge in [0.25, 0.3) is 0 Å². The Labute approximate surface area is 146 Å². The fraction of sp³-hybridized carbons (Fsp3) is 0.562. The molecule has 1 saturated heterocycles. The maximum atomic E-state index is 5.89. The Morgan fingerprint density at radius 1 is 1.35 bits per heavy atom. The molecule has 23 heavy (non-hydrogen) atoms. The molecule has 5 nitrogen and oxygen atoms in total. The zero-order valence-electron chi connectivity index (χ0n) is 13.8. The molecule has 0 spiro atoms. The lowest BCUT2D eigenvalue weighted by molar-refractivity contribution is -0.0799. The largest absolute Gasteiger partial charge is 0.484 e. The second-order valence-corrected chi connectivity index (χ2v) is 13.6. The fourth-order valence-corrected chi connectivity index (χ4v) is 3.44. The Hall–Kier alpha value is -0.893. The van der Waals surface area contributed by atoms with Crippen molar-refractivity contribution in [3.05, 3.63) is 22.9 Å². The third-order valence-corrected chi connectivity index (χ3v) is 6.13. The number of rotatable bonds is 7. The maximum Gasteiger partial charge on any atom is 0.145 e. The molecule has 0 amide bonds. The first-order valence-electron chi connectivity index (χ1n) is 7.89. The van der Waals surface area contributed by atoms with Gasteiger partial charge in [-0.3, -0.25) is 0 Å². The van der Waals surface area contributed by atoms with Gasteiger partial charge >= 0.3 is 0 Å². The minimum Gasteiger partial charge on any atom is -0.484 e. The molecule has 0 unspecified atom stereocenters. The molecule has 0 bridgehead atoms. The van der Waals surface area contributed by atoms with E-state index in [1.807, 2.05) is 23.0 Å². The van der Waals surface area contributed by atoms with E-state index < -0.39 is 8.07 Å². The maximum absolute atomic E-state index is 5.89. The van der Waals surface area contributed by atoms with E-state index in [9.17, 15) is 0 Å². The van der Waals surface area contributed by atoms with Crippen LogP contribution in [0.25, 0.3) is 11.0 Å². The second-order valence-electron chi connectivity index (χ2n) is 7.11. The summed E-state index contributed by atoms with van der Waals surface area (Å²) in [7, 11) is -1.05. The Morgan fingerprint density at radius 2 is 2.13 bits per heavy atom. The molecule has 7 heteroatoms. The van der Waals surface area contributed by atoms with Crippen LogP contribution >= 0.6 is 15.9 Å². The van der Waals surface area contributed by atoms with E-state index in [1.54, 1.807) is 0 Å². The van der Waals surface area contributed by atoms with Gasteiger partial charge < -0.3 is 18.8 Å². The number of aromatic nitrogens is 2. The van der Waals surface area contributed by atoms with Gasteiger partial charge in [0, 0.05) is 20.7 Å². The lowest BCUT2D eigenvalue weighted by Crippen LogP contribution is -2.38. The molecule has 1 fully saturated rings. The van der Waals surface area contributed by atoms with Crippen LogP contribution in [0.15, 0.2) is 22.9 Å². The lowest BCUT2D eigenvalue weighted by Gasteiger charge is -2.27. The molecule has 1 aromatic heterocycles. The number of fused-ring (bicyclic) bond motifs is 1. The van der Waals surface area contributed by atoms with Gasteiger partial charge in [0.2, 0.25) is 0 Å². The standard InChI is InChI=1S/C16H23BrN2O3Si/c1-23(2,3)5-4-20-11-19-10-18-14-7-16(13(17)6-15(14)19)22-12-8-21-9-12/h6-7,10,12H,4-5,8-9,11H2,1-3H3. The molecule has 0 aliphatic carbocycles. The zero-order chi connectivity index (χ0) is 16.4.